The highest BCUT2D eigenvalue weighted by Crippen LogP contribution is 2.23. The maximum Gasteiger partial charge on any atom is 0.116 e. The zero-order valence-corrected chi connectivity index (χ0v) is 7.44. The molecule has 0 amide bonds. The molecule has 2 rings (SSSR count). The molecule has 0 spiro atoms. The Balaban J connectivity index is 2.54. The average Bonchev–Trinajstić information content (AvgIpc) is 2.20. The molecule has 13 heavy (non-hydrogen) atoms. The summed E-state index contributed by atoms with van der Waals surface area (Å²) >= 11 is 5.94. The van der Waals surface area contributed by atoms with Gasteiger partial charge in [-0.3, -0.25) is 4.98 Å². The molecule has 0 fully saturated rings. The SMILES string of the molecule is Clc1cnccc1-c1ccncn1. The molecule has 0 saturated heterocycles. The second kappa shape index (κ2) is 3.49. The molecule has 0 aliphatic rings. The number of hydrogen-bond donors (Lipinski definition) is 0. The zero-order chi connectivity index (χ0) is 9.10. The molecule has 0 aromatic carbocycles. The van der Waals surface area contributed by atoms with Crippen LogP contribution in [0.1, 0.15) is 0 Å². The van der Waals surface area contributed by atoms with Crippen molar-refractivity contribution in [2.24, 2.45) is 0 Å². The van der Waals surface area contributed by atoms with Crippen molar-refractivity contribution >= 4 is 11.6 Å². The third-order valence-corrected chi connectivity index (χ3v) is 1.93. The van der Waals surface area contributed by atoms with Crippen LogP contribution in [-0.2, 0) is 0 Å². The van der Waals surface area contributed by atoms with Gasteiger partial charge < -0.3 is 0 Å². The quantitative estimate of drug-likeness (QED) is 0.694. The van der Waals surface area contributed by atoms with Gasteiger partial charge in [-0.25, -0.2) is 9.97 Å². The number of halogens is 1. The van der Waals surface area contributed by atoms with Crippen molar-refractivity contribution in [3.63, 3.8) is 0 Å². The van der Waals surface area contributed by atoms with Crippen LogP contribution in [0.2, 0.25) is 5.02 Å². The molecule has 0 aliphatic carbocycles. The summed E-state index contributed by atoms with van der Waals surface area (Å²) < 4.78 is 0. The molecule has 0 bridgehead atoms. The van der Waals surface area contributed by atoms with Crippen LogP contribution >= 0.6 is 11.6 Å². The van der Waals surface area contributed by atoms with Gasteiger partial charge in [-0.05, 0) is 12.1 Å². The van der Waals surface area contributed by atoms with E-state index in [2.05, 4.69) is 15.0 Å². The topological polar surface area (TPSA) is 38.7 Å². The molecule has 4 heteroatoms. The molecular formula is C9H6ClN3. The van der Waals surface area contributed by atoms with Gasteiger partial charge in [0.25, 0.3) is 0 Å². The van der Waals surface area contributed by atoms with Gasteiger partial charge in [-0.2, -0.15) is 0 Å². The van der Waals surface area contributed by atoms with Gasteiger partial charge in [0, 0.05) is 24.2 Å². The van der Waals surface area contributed by atoms with Gasteiger partial charge in [-0.15, -0.1) is 0 Å². The molecule has 0 radical (unpaired) electrons. The lowest BCUT2D eigenvalue weighted by molar-refractivity contribution is 1.17. The van der Waals surface area contributed by atoms with Gasteiger partial charge in [0.05, 0.1) is 10.7 Å². The van der Waals surface area contributed by atoms with Crippen LogP contribution in [0, 0.1) is 0 Å². The van der Waals surface area contributed by atoms with Crippen molar-refractivity contribution in [3.05, 3.63) is 42.1 Å². The number of hydrogen-bond acceptors (Lipinski definition) is 3. The third kappa shape index (κ3) is 1.65. The van der Waals surface area contributed by atoms with E-state index in [-0.39, 0.29) is 0 Å². The molecule has 2 aromatic rings. The zero-order valence-electron chi connectivity index (χ0n) is 6.68. The standard InChI is InChI=1S/C9H6ClN3/c10-8-5-11-3-1-7(8)9-2-4-12-6-13-9/h1-6H. The molecule has 0 unspecified atom stereocenters. The fourth-order valence-electron chi connectivity index (χ4n) is 1.03. The third-order valence-electron chi connectivity index (χ3n) is 1.63. The number of aromatic nitrogens is 3. The summed E-state index contributed by atoms with van der Waals surface area (Å²) in [5, 5.41) is 0.598. The van der Waals surface area contributed by atoms with Crippen molar-refractivity contribution < 1.29 is 0 Å². The van der Waals surface area contributed by atoms with E-state index in [9.17, 15) is 0 Å². The largest absolute Gasteiger partial charge is 0.263 e. The van der Waals surface area contributed by atoms with Gasteiger partial charge in [0.2, 0.25) is 0 Å². The predicted molar refractivity (Wildman–Crippen MR) is 50.3 cm³/mol. The van der Waals surface area contributed by atoms with E-state index in [1.54, 1.807) is 24.7 Å². The smallest absolute Gasteiger partial charge is 0.116 e. The average molecular weight is 192 g/mol. The monoisotopic (exact) mass is 191 g/mol. The second-order valence-corrected chi connectivity index (χ2v) is 2.86. The van der Waals surface area contributed by atoms with E-state index in [0.717, 1.165) is 11.3 Å². The van der Waals surface area contributed by atoms with Crippen molar-refractivity contribution in [2.45, 2.75) is 0 Å². The summed E-state index contributed by atoms with van der Waals surface area (Å²) in [5.74, 6) is 0. The Morgan fingerprint density at radius 2 is 1.92 bits per heavy atom. The fourth-order valence-corrected chi connectivity index (χ4v) is 1.25. The summed E-state index contributed by atoms with van der Waals surface area (Å²) in [7, 11) is 0. The van der Waals surface area contributed by atoms with Crippen molar-refractivity contribution in [1.29, 1.82) is 0 Å². The Morgan fingerprint density at radius 1 is 1.08 bits per heavy atom. The molecule has 0 aliphatic heterocycles. The van der Waals surface area contributed by atoms with Crippen LogP contribution < -0.4 is 0 Å². The Kier molecular flexibility index (Phi) is 2.19. The van der Waals surface area contributed by atoms with E-state index in [0.29, 0.717) is 5.02 Å². The number of nitrogens with zero attached hydrogens (tertiary/aromatic N) is 3. The van der Waals surface area contributed by atoms with Gasteiger partial charge in [-0.1, -0.05) is 11.6 Å². The fraction of sp³-hybridized carbons (Fsp3) is 0. The minimum Gasteiger partial charge on any atom is -0.263 e. The summed E-state index contributed by atoms with van der Waals surface area (Å²) in [5.41, 5.74) is 1.68. The summed E-state index contributed by atoms with van der Waals surface area (Å²) in [6, 6.07) is 3.63. The molecule has 0 saturated carbocycles. The van der Waals surface area contributed by atoms with Crippen LogP contribution in [0.4, 0.5) is 0 Å². The lowest BCUT2D eigenvalue weighted by Crippen LogP contribution is -1.85. The van der Waals surface area contributed by atoms with E-state index in [4.69, 9.17) is 11.6 Å². The van der Waals surface area contributed by atoms with E-state index in [1.807, 2.05) is 6.07 Å². The summed E-state index contributed by atoms with van der Waals surface area (Å²) in [6.45, 7) is 0. The Bertz CT molecular complexity index is 403. The minimum atomic E-state index is 0.598. The highest BCUT2D eigenvalue weighted by molar-refractivity contribution is 6.33. The van der Waals surface area contributed by atoms with Crippen LogP contribution in [0.25, 0.3) is 11.3 Å². The lowest BCUT2D eigenvalue weighted by atomic mass is 10.2. The predicted octanol–water partition coefficient (Wildman–Crippen LogP) is 2.19. The Hall–Kier alpha value is -1.48. The Morgan fingerprint density at radius 3 is 2.62 bits per heavy atom. The van der Waals surface area contributed by atoms with Crippen molar-refractivity contribution in [3.8, 4) is 11.3 Å². The van der Waals surface area contributed by atoms with E-state index < -0.39 is 0 Å². The Labute approximate surface area is 80.5 Å². The molecule has 2 heterocycles. The molecule has 3 nitrogen and oxygen atoms in total. The number of pyridine rings is 1. The van der Waals surface area contributed by atoms with E-state index >= 15 is 0 Å². The first-order valence-electron chi connectivity index (χ1n) is 3.74. The lowest BCUT2D eigenvalue weighted by Gasteiger charge is -2.00. The van der Waals surface area contributed by atoms with Crippen LogP contribution in [0.5, 0.6) is 0 Å². The first-order valence-corrected chi connectivity index (χ1v) is 4.11. The van der Waals surface area contributed by atoms with E-state index in [1.165, 1.54) is 6.33 Å². The minimum absolute atomic E-state index is 0.598. The highest BCUT2D eigenvalue weighted by Gasteiger charge is 2.02. The molecule has 64 valence electrons. The highest BCUT2D eigenvalue weighted by atomic mass is 35.5. The van der Waals surface area contributed by atoms with Crippen LogP contribution in [0.15, 0.2) is 37.1 Å². The second-order valence-electron chi connectivity index (χ2n) is 2.45. The molecule has 2 aromatic heterocycles. The maximum absolute atomic E-state index is 5.94. The normalized spacial score (nSPS) is 9.92. The molecular weight excluding hydrogens is 186 g/mol. The van der Waals surface area contributed by atoms with Crippen molar-refractivity contribution in [1.82, 2.24) is 15.0 Å². The summed E-state index contributed by atoms with van der Waals surface area (Å²) in [4.78, 5) is 11.8. The van der Waals surface area contributed by atoms with Gasteiger partial charge >= 0.3 is 0 Å². The molecule has 0 N–H and O–H groups in total. The van der Waals surface area contributed by atoms with Gasteiger partial charge in [0.15, 0.2) is 0 Å². The molecule has 0 atom stereocenters. The van der Waals surface area contributed by atoms with Crippen LogP contribution in [-0.4, -0.2) is 15.0 Å². The first kappa shape index (κ1) is 8.13. The van der Waals surface area contributed by atoms with Crippen LogP contribution in [0.3, 0.4) is 0 Å². The first-order chi connectivity index (χ1) is 6.38. The maximum atomic E-state index is 5.94. The van der Waals surface area contributed by atoms with Gasteiger partial charge in [0.1, 0.15) is 6.33 Å². The summed E-state index contributed by atoms with van der Waals surface area (Å²) in [6.07, 6.45) is 6.45. The van der Waals surface area contributed by atoms with Crippen molar-refractivity contribution in [2.75, 3.05) is 0 Å². The number of rotatable bonds is 1.